The van der Waals surface area contributed by atoms with Gasteiger partial charge in [0.2, 0.25) is 0 Å². The number of carbonyl (C=O) groups excluding carboxylic acids is 1. The van der Waals surface area contributed by atoms with Crippen molar-refractivity contribution in [3.05, 3.63) is 65.2 Å². The first-order valence-corrected chi connectivity index (χ1v) is 9.75. The monoisotopic (exact) mass is 340 g/mol. The van der Waals surface area contributed by atoms with Gasteiger partial charge in [0.05, 0.1) is 0 Å². The molecule has 2 aromatic rings. The first-order chi connectivity index (χ1) is 11.7. The number of amides is 1. The van der Waals surface area contributed by atoms with E-state index in [0.29, 0.717) is 0 Å². The van der Waals surface area contributed by atoms with E-state index in [9.17, 15) is 4.79 Å². The van der Waals surface area contributed by atoms with Crippen LogP contribution in [0.4, 0.5) is 5.69 Å². The van der Waals surface area contributed by atoms with Gasteiger partial charge in [-0.1, -0.05) is 24.3 Å². The Morgan fingerprint density at radius 1 is 1.04 bits per heavy atom. The van der Waals surface area contributed by atoms with Crippen molar-refractivity contribution in [1.29, 1.82) is 0 Å². The molecule has 1 heterocycles. The normalized spacial score (nSPS) is 14.8. The highest BCUT2D eigenvalue weighted by atomic mass is 32.2. The first-order valence-electron chi connectivity index (χ1n) is 8.36. The van der Waals surface area contributed by atoms with Gasteiger partial charge < -0.3 is 9.80 Å². The predicted molar refractivity (Wildman–Crippen MR) is 103 cm³/mol. The smallest absolute Gasteiger partial charge is 0.253 e. The minimum absolute atomic E-state index is 0.154. The van der Waals surface area contributed by atoms with E-state index in [4.69, 9.17) is 0 Å². The van der Waals surface area contributed by atoms with Gasteiger partial charge in [-0.05, 0) is 48.6 Å². The lowest BCUT2D eigenvalue weighted by molar-refractivity contribution is 0.0746. The molecule has 3 rings (SSSR count). The Labute approximate surface area is 148 Å². The van der Waals surface area contributed by atoms with Crippen molar-refractivity contribution >= 4 is 23.4 Å². The van der Waals surface area contributed by atoms with Gasteiger partial charge in [-0.15, -0.1) is 0 Å². The summed E-state index contributed by atoms with van der Waals surface area (Å²) in [6.45, 7) is 5.45. The fourth-order valence-corrected chi connectivity index (χ4v) is 3.65. The number of benzene rings is 2. The molecule has 1 amide bonds. The van der Waals surface area contributed by atoms with Gasteiger partial charge >= 0.3 is 0 Å². The van der Waals surface area contributed by atoms with E-state index in [-0.39, 0.29) is 5.91 Å². The van der Waals surface area contributed by atoms with E-state index in [1.165, 1.54) is 16.8 Å². The van der Waals surface area contributed by atoms with Crippen LogP contribution in [0.1, 0.15) is 21.5 Å². The van der Waals surface area contributed by atoms with Crippen molar-refractivity contribution in [1.82, 2.24) is 4.90 Å². The quantitative estimate of drug-likeness (QED) is 0.845. The molecule has 24 heavy (non-hydrogen) atoms. The fraction of sp³-hybridized carbons (Fsp3) is 0.350. The Bertz CT molecular complexity index is 708. The molecule has 0 radical (unpaired) electrons. The summed E-state index contributed by atoms with van der Waals surface area (Å²) in [5.74, 6) is 1.10. The minimum Gasteiger partial charge on any atom is -0.368 e. The molecule has 0 saturated carbocycles. The number of aryl methyl sites for hydroxylation is 1. The van der Waals surface area contributed by atoms with Crippen molar-refractivity contribution in [2.75, 3.05) is 37.3 Å². The highest BCUT2D eigenvalue weighted by molar-refractivity contribution is 7.97. The van der Waals surface area contributed by atoms with Crippen LogP contribution >= 0.6 is 11.8 Å². The summed E-state index contributed by atoms with van der Waals surface area (Å²) >= 11 is 1.78. The molecule has 0 N–H and O–H groups in total. The molecule has 1 fully saturated rings. The number of thioether (sulfide) groups is 1. The van der Waals surface area contributed by atoms with E-state index >= 15 is 0 Å². The van der Waals surface area contributed by atoms with Gasteiger partial charge in [-0.2, -0.15) is 11.8 Å². The summed E-state index contributed by atoms with van der Waals surface area (Å²) < 4.78 is 0. The Hall–Kier alpha value is -1.94. The second-order valence-electron chi connectivity index (χ2n) is 6.25. The number of carbonyl (C=O) groups is 1. The molecule has 126 valence electrons. The molecule has 0 unspecified atom stereocenters. The van der Waals surface area contributed by atoms with Gasteiger partial charge in [-0.25, -0.2) is 0 Å². The zero-order valence-corrected chi connectivity index (χ0v) is 15.2. The average molecular weight is 340 g/mol. The summed E-state index contributed by atoms with van der Waals surface area (Å²) in [5.41, 5.74) is 4.55. The van der Waals surface area contributed by atoms with Gasteiger partial charge in [0.15, 0.2) is 0 Å². The SMILES string of the molecule is CSCc1cccc(C(=O)N2CCN(c3cccc(C)c3)CC2)c1. The summed E-state index contributed by atoms with van der Waals surface area (Å²) in [5, 5.41) is 0. The maximum atomic E-state index is 12.8. The second kappa shape index (κ2) is 7.75. The predicted octanol–water partition coefficient (Wildman–Crippen LogP) is 3.82. The first kappa shape index (κ1) is 16.9. The molecule has 4 heteroatoms. The molecule has 2 aromatic carbocycles. The molecule has 0 bridgehead atoms. The lowest BCUT2D eigenvalue weighted by Gasteiger charge is -2.36. The third-order valence-corrected chi connectivity index (χ3v) is 5.04. The standard InChI is InChI=1S/C20H24N2OS/c1-16-5-3-8-19(13-16)21-9-11-22(12-10-21)20(23)18-7-4-6-17(14-18)15-24-2/h3-8,13-14H,9-12,15H2,1-2H3. The molecule has 3 nitrogen and oxygen atoms in total. The largest absolute Gasteiger partial charge is 0.368 e. The summed E-state index contributed by atoms with van der Waals surface area (Å²) in [6.07, 6.45) is 2.08. The molecule has 0 aromatic heterocycles. The highest BCUT2D eigenvalue weighted by Crippen LogP contribution is 2.19. The van der Waals surface area contributed by atoms with Crippen LogP contribution < -0.4 is 4.90 Å². The molecule has 0 atom stereocenters. The van der Waals surface area contributed by atoms with Crippen LogP contribution in [0, 0.1) is 6.92 Å². The zero-order valence-electron chi connectivity index (χ0n) is 14.4. The van der Waals surface area contributed by atoms with Crippen molar-refractivity contribution in [2.24, 2.45) is 0 Å². The van der Waals surface area contributed by atoms with E-state index < -0.39 is 0 Å². The van der Waals surface area contributed by atoms with Crippen LogP contribution in [0.3, 0.4) is 0 Å². The van der Waals surface area contributed by atoms with Crippen LogP contribution in [0.15, 0.2) is 48.5 Å². The zero-order chi connectivity index (χ0) is 16.9. The average Bonchev–Trinajstić information content (AvgIpc) is 2.62. The molecular weight excluding hydrogens is 316 g/mol. The number of hydrogen-bond donors (Lipinski definition) is 0. The summed E-state index contributed by atoms with van der Waals surface area (Å²) in [7, 11) is 0. The molecule has 0 aliphatic carbocycles. The van der Waals surface area contributed by atoms with Crippen molar-refractivity contribution < 1.29 is 4.79 Å². The molecular formula is C20H24N2OS. The maximum Gasteiger partial charge on any atom is 0.253 e. The topological polar surface area (TPSA) is 23.6 Å². The van der Waals surface area contributed by atoms with Crippen LogP contribution in [-0.4, -0.2) is 43.2 Å². The van der Waals surface area contributed by atoms with Crippen LogP contribution in [-0.2, 0) is 5.75 Å². The van der Waals surface area contributed by atoms with Crippen LogP contribution in [0.25, 0.3) is 0 Å². The third-order valence-electron chi connectivity index (χ3n) is 4.42. The Morgan fingerprint density at radius 3 is 2.50 bits per heavy atom. The molecule has 1 aliphatic heterocycles. The number of hydrogen-bond acceptors (Lipinski definition) is 3. The summed E-state index contributed by atoms with van der Waals surface area (Å²) in [6, 6.07) is 16.6. The van der Waals surface area contributed by atoms with Crippen molar-refractivity contribution in [3.8, 4) is 0 Å². The fourth-order valence-electron chi connectivity index (χ4n) is 3.14. The number of anilines is 1. The van der Waals surface area contributed by atoms with Crippen LogP contribution in [0.2, 0.25) is 0 Å². The Balaban J connectivity index is 1.64. The van der Waals surface area contributed by atoms with E-state index in [1.807, 2.05) is 23.1 Å². The van der Waals surface area contributed by atoms with E-state index in [2.05, 4.69) is 48.4 Å². The molecule has 0 spiro atoms. The van der Waals surface area contributed by atoms with E-state index in [0.717, 1.165) is 37.5 Å². The Kier molecular flexibility index (Phi) is 5.46. The second-order valence-corrected chi connectivity index (χ2v) is 7.12. The molecule has 1 aliphatic rings. The Morgan fingerprint density at radius 2 is 1.79 bits per heavy atom. The minimum atomic E-state index is 0.154. The van der Waals surface area contributed by atoms with Crippen LogP contribution in [0.5, 0.6) is 0 Å². The van der Waals surface area contributed by atoms with Gasteiger partial charge in [0.1, 0.15) is 0 Å². The van der Waals surface area contributed by atoms with Gasteiger partial charge in [0.25, 0.3) is 5.91 Å². The summed E-state index contributed by atoms with van der Waals surface area (Å²) in [4.78, 5) is 17.1. The third kappa shape index (κ3) is 3.93. The van der Waals surface area contributed by atoms with Crippen molar-refractivity contribution in [3.63, 3.8) is 0 Å². The van der Waals surface area contributed by atoms with E-state index in [1.54, 1.807) is 11.8 Å². The highest BCUT2D eigenvalue weighted by Gasteiger charge is 2.22. The van der Waals surface area contributed by atoms with Gasteiger partial charge in [0, 0.05) is 43.2 Å². The number of rotatable bonds is 4. The van der Waals surface area contributed by atoms with Gasteiger partial charge in [-0.3, -0.25) is 4.79 Å². The number of nitrogens with zero attached hydrogens (tertiary/aromatic N) is 2. The molecule has 1 saturated heterocycles. The lowest BCUT2D eigenvalue weighted by Crippen LogP contribution is -2.48. The lowest BCUT2D eigenvalue weighted by atomic mass is 10.1. The number of piperazine rings is 1. The van der Waals surface area contributed by atoms with Crippen molar-refractivity contribution in [2.45, 2.75) is 12.7 Å². The maximum absolute atomic E-state index is 12.8.